The molecule has 11 heteroatoms. The first-order valence-electron chi connectivity index (χ1n) is 12.4. The summed E-state index contributed by atoms with van der Waals surface area (Å²) in [5.74, 6) is 1.03. The van der Waals surface area contributed by atoms with Crippen molar-refractivity contribution in [3.8, 4) is 22.9 Å². The summed E-state index contributed by atoms with van der Waals surface area (Å²) in [6.45, 7) is 6.25. The lowest BCUT2D eigenvalue weighted by Gasteiger charge is -2.13. The van der Waals surface area contributed by atoms with Gasteiger partial charge in [0.2, 0.25) is 0 Å². The fourth-order valence-electron chi connectivity index (χ4n) is 3.93. The number of aryl methyl sites for hydroxylation is 2. The van der Waals surface area contributed by atoms with E-state index in [1.54, 1.807) is 24.3 Å². The number of nitrogens with zero attached hydrogens (tertiary/aromatic N) is 2. The Labute approximate surface area is 245 Å². The molecule has 0 bridgehead atoms. The van der Waals surface area contributed by atoms with Gasteiger partial charge >= 0.3 is 5.91 Å². The Morgan fingerprint density at radius 1 is 1.02 bits per heavy atom. The molecular weight excluding hydrogens is 627 g/mol. The van der Waals surface area contributed by atoms with Crippen molar-refractivity contribution in [3.05, 3.63) is 92.7 Å². The number of halogens is 1. The molecule has 2 amide bonds. The minimum Gasteiger partial charge on any atom is -0.490 e. The van der Waals surface area contributed by atoms with Crippen LogP contribution in [0.15, 0.2) is 70.2 Å². The van der Waals surface area contributed by atoms with E-state index in [1.807, 2.05) is 31.2 Å². The number of nitrogens with one attached hydrogen (secondary N) is 1. The molecule has 0 spiro atoms. The second-order valence-corrected chi connectivity index (χ2v) is 9.88. The van der Waals surface area contributed by atoms with Gasteiger partial charge in [-0.25, -0.2) is 5.43 Å². The number of nitrogens with two attached hydrogens (primary N) is 1. The van der Waals surface area contributed by atoms with Crippen LogP contribution in [0.1, 0.15) is 40.2 Å². The lowest BCUT2D eigenvalue weighted by Crippen LogP contribution is -2.20. The lowest BCUT2D eigenvalue weighted by atomic mass is 10.2. The monoisotopic (exact) mass is 656 g/mol. The van der Waals surface area contributed by atoms with E-state index < -0.39 is 11.8 Å². The molecule has 2 aromatic heterocycles. The molecule has 0 saturated carbocycles. The van der Waals surface area contributed by atoms with E-state index in [0.29, 0.717) is 38.7 Å². The van der Waals surface area contributed by atoms with Crippen molar-refractivity contribution >= 4 is 40.6 Å². The fourth-order valence-corrected chi connectivity index (χ4v) is 4.71. The quantitative estimate of drug-likeness (QED) is 0.127. The summed E-state index contributed by atoms with van der Waals surface area (Å²) < 4.78 is 25.4. The number of carbonyl (C=O) groups is 2. The van der Waals surface area contributed by atoms with Gasteiger partial charge in [0.1, 0.15) is 18.1 Å². The molecule has 0 aliphatic rings. The van der Waals surface area contributed by atoms with Gasteiger partial charge in [0.05, 0.1) is 16.4 Å². The molecule has 208 valence electrons. The van der Waals surface area contributed by atoms with Crippen LogP contribution in [0.3, 0.4) is 0 Å². The van der Waals surface area contributed by atoms with Crippen molar-refractivity contribution in [2.24, 2.45) is 10.8 Å². The Balaban J connectivity index is 1.33. The van der Waals surface area contributed by atoms with E-state index in [-0.39, 0.29) is 19.0 Å². The van der Waals surface area contributed by atoms with Gasteiger partial charge in [-0.05, 0) is 110 Å². The summed E-state index contributed by atoms with van der Waals surface area (Å²) in [7, 11) is 0. The van der Waals surface area contributed by atoms with Crippen LogP contribution in [0.5, 0.6) is 17.2 Å². The van der Waals surface area contributed by atoms with Gasteiger partial charge in [0, 0.05) is 17.1 Å². The van der Waals surface area contributed by atoms with Crippen LogP contribution in [0.2, 0.25) is 0 Å². The maximum atomic E-state index is 12.5. The summed E-state index contributed by atoms with van der Waals surface area (Å²) in [5, 5.41) is 4.02. The molecule has 40 heavy (non-hydrogen) atoms. The number of aromatic nitrogens is 1. The van der Waals surface area contributed by atoms with E-state index in [2.05, 4.69) is 63.7 Å². The molecule has 2 heterocycles. The summed E-state index contributed by atoms with van der Waals surface area (Å²) in [6, 6.07) is 18.6. The highest BCUT2D eigenvalue weighted by atomic mass is 127. The zero-order valence-corrected chi connectivity index (χ0v) is 24.4. The van der Waals surface area contributed by atoms with E-state index in [4.69, 9.17) is 24.4 Å². The number of hydrazone groups is 1. The Bertz CT molecular complexity index is 1500. The first-order valence-corrected chi connectivity index (χ1v) is 13.5. The van der Waals surface area contributed by atoms with E-state index in [1.165, 1.54) is 6.21 Å². The number of rotatable bonds is 12. The largest absolute Gasteiger partial charge is 0.490 e. The standard InChI is InChI=1S/C29H29IN4O6/c1-4-37-26-14-20(13-24(30)28(26)39-17-27(31)35)15-32-33-29(36)25-12-11-23(40-25)16-38-22-9-7-21(8-10-22)34-18(2)5-6-19(34)3/h5-15H,4,16-17H2,1-3H3,(H2,31,35)(H,33,36)/b32-15+. The van der Waals surface area contributed by atoms with Gasteiger partial charge < -0.3 is 28.9 Å². The Morgan fingerprint density at radius 2 is 1.75 bits per heavy atom. The minimum absolute atomic E-state index is 0.101. The summed E-state index contributed by atoms with van der Waals surface area (Å²) in [4.78, 5) is 23.6. The van der Waals surface area contributed by atoms with Crippen molar-refractivity contribution in [3.63, 3.8) is 0 Å². The summed E-state index contributed by atoms with van der Waals surface area (Å²) in [6.07, 6.45) is 1.47. The Kier molecular flexibility index (Phi) is 9.48. The van der Waals surface area contributed by atoms with Gasteiger partial charge in [-0.1, -0.05) is 0 Å². The number of hydrogen-bond acceptors (Lipinski definition) is 7. The third-order valence-corrected chi connectivity index (χ3v) is 6.50. The van der Waals surface area contributed by atoms with Crippen molar-refractivity contribution in [2.75, 3.05) is 13.2 Å². The highest BCUT2D eigenvalue weighted by Crippen LogP contribution is 2.34. The highest BCUT2D eigenvalue weighted by molar-refractivity contribution is 14.1. The van der Waals surface area contributed by atoms with Crippen molar-refractivity contribution in [2.45, 2.75) is 27.4 Å². The number of amides is 2. The third kappa shape index (κ3) is 7.23. The van der Waals surface area contributed by atoms with Gasteiger partial charge in [0.25, 0.3) is 5.91 Å². The predicted octanol–water partition coefficient (Wildman–Crippen LogP) is 4.90. The van der Waals surface area contributed by atoms with Crippen LogP contribution in [0, 0.1) is 17.4 Å². The van der Waals surface area contributed by atoms with Crippen LogP contribution in [0.25, 0.3) is 5.69 Å². The number of carbonyl (C=O) groups excluding carboxylic acids is 2. The van der Waals surface area contributed by atoms with Crippen LogP contribution < -0.4 is 25.4 Å². The molecule has 2 aromatic carbocycles. The zero-order valence-electron chi connectivity index (χ0n) is 22.3. The first kappa shape index (κ1) is 28.7. The fraction of sp³-hybridized carbons (Fsp3) is 0.207. The molecule has 0 fully saturated rings. The van der Waals surface area contributed by atoms with Gasteiger partial charge in [0.15, 0.2) is 23.9 Å². The second-order valence-electron chi connectivity index (χ2n) is 8.72. The average molecular weight is 656 g/mol. The SMILES string of the molecule is CCOc1cc(/C=N/NC(=O)c2ccc(COc3ccc(-n4c(C)ccc4C)cc3)o2)cc(I)c1OCC(N)=O. The van der Waals surface area contributed by atoms with Gasteiger partial charge in [-0.15, -0.1) is 0 Å². The van der Waals surface area contributed by atoms with E-state index in [9.17, 15) is 9.59 Å². The predicted molar refractivity (Wildman–Crippen MR) is 158 cm³/mol. The number of furan rings is 1. The average Bonchev–Trinajstić information content (AvgIpc) is 3.53. The molecule has 0 aliphatic carbocycles. The third-order valence-electron chi connectivity index (χ3n) is 5.70. The summed E-state index contributed by atoms with van der Waals surface area (Å²) in [5.41, 5.74) is 11.7. The van der Waals surface area contributed by atoms with Crippen LogP contribution in [0.4, 0.5) is 0 Å². The molecule has 0 radical (unpaired) electrons. The zero-order chi connectivity index (χ0) is 28.6. The van der Waals surface area contributed by atoms with E-state index in [0.717, 1.165) is 17.1 Å². The maximum absolute atomic E-state index is 12.5. The molecule has 10 nitrogen and oxygen atoms in total. The highest BCUT2D eigenvalue weighted by Gasteiger charge is 2.14. The van der Waals surface area contributed by atoms with Crippen LogP contribution in [-0.2, 0) is 11.4 Å². The van der Waals surface area contributed by atoms with Crippen LogP contribution in [-0.4, -0.2) is 35.8 Å². The number of ether oxygens (including phenoxy) is 3. The smallest absolute Gasteiger partial charge is 0.307 e. The second kappa shape index (κ2) is 13.2. The Morgan fingerprint density at radius 3 is 2.42 bits per heavy atom. The van der Waals surface area contributed by atoms with E-state index >= 15 is 0 Å². The summed E-state index contributed by atoms with van der Waals surface area (Å²) >= 11 is 2.06. The molecule has 3 N–H and O–H groups in total. The Hall–Kier alpha value is -4.26. The van der Waals surface area contributed by atoms with Crippen molar-refractivity contribution in [1.82, 2.24) is 9.99 Å². The molecule has 0 atom stereocenters. The maximum Gasteiger partial charge on any atom is 0.307 e. The number of hydrogen-bond donors (Lipinski definition) is 2. The molecule has 4 aromatic rings. The van der Waals surface area contributed by atoms with Gasteiger partial charge in [-0.2, -0.15) is 5.10 Å². The molecule has 0 unspecified atom stereocenters. The minimum atomic E-state index is -0.591. The molecule has 0 saturated heterocycles. The van der Waals surface area contributed by atoms with Crippen molar-refractivity contribution < 1.29 is 28.2 Å². The molecule has 0 aliphatic heterocycles. The van der Waals surface area contributed by atoms with Crippen LogP contribution >= 0.6 is 22.6 Å². The first-order chi connectivity index (χ1) is 19.2. The molecular formula is C29H29IN4O6. The van der Waals surface area contributed by atoms with Crippen molar-refractivity contribution in [1.29, 1.82) is 0 Å². The topological polar surface area (TPSA) is 130 Å². The number of primary amides is 1. The molecule has 4 rings (SSSR count). The normalized spacial score (nSPS) is 11.0. The number of benzene rings is 2. The lowest BCUT2D eigenvalue weighted by molar-refractivity contribution is -0.120. The van der Waals surface area contributed by atoms with Gasteiger partial charge in [-0.3, -0.25) is 9.59 Å².